The van der Waals surface area contributed by atoms with E-state index in [0.29, 0.717) is 23.8 Å². The van der Waals surface area contributed by atoms with E-state index in [1.54, 1.807) is 41.7 Å². The number of alkyl halides is 3. The number of anilines is 2. The van der Waals surface area contributed by atoms with Gasteiger partial charge in [-0.15, -0.1) is 0 Å². The summed E-state index contributed by atoms with van der Waals surface area (Å²) in [5, 5.41) is 6.01. The Morgan fingerprint density at radius 2 is 1.82 bits per heavy atom. The molecule has 0 radical (unpaired) electrons. The van der Waals surface area contributed by atoms with Crippen molar-refractivity contribution in [3.63, 3.8) is 0 Å². The van der Waals surface area contributed by atoms with Crippen molar-refractivity contribution in [3.8, 4) is 22.2 Å². The summed E-state index contributed by atoms with van der Waals surface area (Å²) in [6.07, 6.45) is 4.78. The summed E-state index contributed by atoms with van der Waals surface area (Å²) in [4.78, 5) is 44.2. The largest absolute Gasteiger partial charge is 0.424 e. The molecule has 3 aromatic heterocycles. The molecule has 44 heavy (non-hydrogen) atoms. The van der Waals surface area contributed by atoms with Gasteiger partial charge in [0, 0.05) is 43.5 Å². The van der Waals surface area contributed by atoms with E-state index in [9.17, 15) is 22.8 Å². The van der Waals surface area contributed by atoms with Gasteiger partial charge in [0.1, 0.15) is 5.75 Å². The van der Waals surface area contributed by atoms with E-state index in [4.69, 9.17) is 4.74 Å². The van der Waals surface area contributed by atoms with Crippen LogP contribution in [0.5, 0.6) is 11.8 Å². The molecule has 1 aliphatic carbocycles. The SMILES string of the molecule is O=C(Nc1cnc(Oc2ccc(-c3cnc(N4CCCC4=O)s3)cc2)nc1)NC1CC(C(F)(F)F)CCC1c1cccnc1. The minimum Gasteiger partial charge on any atom is -0.424 e. The van der Waals surface area contributed by atoms with Gasteiger partial charge in [-0.3, -0.25) is 14.7 Å². The standard InChI is InChI=1S/C30H28F3N7O3S/c31-30(32,33)20-7-10-23(19-3-1-11-34-14-19)24(13-20)39-27(42)38-21-15-35-28(36-16-21)43-22-8-5-18(6-9-22)25-17-37-29(44-25)40-12-2-4-26(40)41/h1,3,5-6,8-9,11,14-17,20,23-24H,2,4,7,10,12-13H2,(H2,38,39,42). The molecule has 3 amide bonds. The molecule has 4 aromatic rings. The predicted octanol–water partition coefficient (Wildman–Crippen LogP) is 6.55. The molecule has 0 bridgehead atoms. The zero-order valence-electron chi connectivity index (χ0n) is 23.3. The van der Waals surface area contributed by atoms with E-state index < -0.39 is 24.2 Å². The predicted molar refractivity (Wildman–Crippen MR) is 158 cm³/mol. The fourth-order valence-corrected chi connectivity index (χ4v) is 6.52. The lowest BCUT2D eigenvalue weighted by atomic mass is 9.75. The van der Waals surface area contributed by atoms with E-state index in [1.807, 2.05) is 18.2 Å². The molecule has 1 aliphatic heterocycles. The van der Waals surface area contributed by atoms with Crippen molar-refractivity contribution in [2.75, 3.05) is 16.8 Å². The van der Waals surface area contributed by atoms with Crippen LogP contribution in [0.3, 0.4) is 0 Å². The Morgan fingerprint density at radius 3 is 2.50 bits per heavy atom. The minimum absolute atomic E-state index is 0.00599. The first-order valence-corrected chi connectivity index (χ1v) is 15.0. The van der Waals surface area contributed by atoms with Gasteiger partial charge >= 0.3 is 18.2 Å². The highest BCUT2D eigenvalue weighted by molar-refractivity contribution is 7.19. The zero-order valence-corrected chi connectivity index (χ0v) is 24.1. The highest BCUT2D eigenvalue weighted by Gasteiger charge is 2.45. The molecule has 14 heteroatoms. The molecule has 3 atom stereocenters. The van der Waals surface area contributed by atoms with Crippen LogP contribution in [0.25, 0.3) is 10.4 Å². The number of ether oxygens (including phenoxy) is 1. The number of pyridine rings is 1. The number of nitrogens with one attached hydrogen (secondary N) is 2. The van der Waals surface area contributed by atoms with Gasteiger partial charge in [0.15, 0.2) is 5.13 Å². The molecule has 2 fully saturated rings. The van der Waals surface area contributed by atoms with E-state index >= 15 is 0 Å². The number of amides is 3. The lowest BCUT2D eigenvalue weighted by Crippen LogP contribution is -2.47. The minimum atomic E-state index is -4.33. The number of thiazole rings is 1. The van der Waals surface area contributed by atoms with Gasteiger partial charge in [-0.2, -0.15) is 13.2 Å². The first kappa shape index (κ1) is 29.5. The Hall–Kier alpha value is -4.59. The van der Waals surface area contributed by atoms with Crippen LogP contribution in [-0.2, 0) is 4.79 Å². The molecule has 4 heterocycles. The van der Waals surface area contributed by atoms with E-state index in [2.05, 4.69) is 30.6 Å². The molecule has 0 spiro atoms. The lowest BCUT2D eigenvalue weighted by Gasteiger charge is -2.37. The van der Waals surface area contributed by atoms with Crippen LogP contribution >= 0.6 is 11.3 Å². The Kier molecular flexibility index (Phi) is 8.42. The van der Waals surface area contributed by atoms with E-state index in [-0.39, 0.29) is 42.8 Å². The maximum Gasteiger partial charge on any atom is 0.391 e. The molecule has 228 valence electrons. The van der Waals surface area contributed by atoms with Crippen molar-refractivity contribution in [2.24, 2.45) is 5.92 Å². The summed E-state index contributed by atoms with van der Waals surface area (Å²) < 4.78 is 46.2. The number of rotatable bonds is 7. The molecule has 2 aliphatic rings. The Morgan fingerprint density at radius 1 is 1.02 bits per heavy atom. The van der Waals surface area contributed by atoms with E-state index in [1.165, 1.54) is 23.7 Å². The molecule has 1 saturated heterocycles. The molecule has 2 N–H and O–H groups in total. The maximum atomic E-state index is 13.5. The fraction of sp³-hybridized carbons (Fsp3) is 0.333. The first-order valence-electron chi connectivity index (χ1n) is 14.1. The quantitative estimate of drug-likeness (QED) is 0.239. The fourth-order valence-electron chi connectivity index (χ4n) is 5.56. The zero-order chi connectivity index (χ0) is 30.7. The number of halogens is 3. The summed E-state index contributed by atoms with van der Waals surface area (Å²) >= 11 is 1.45. The average molecular weight is 624 g/mol. The summed E-state index contributed by atoms with van der Waals surface area (Å²) in [6.45, 7) is 0.688. The van der Waals surface area contributed by atoms with Crippen molar-refractivity contribution >= 4 is 34.1 Å². The van der Waals surface area contributed by atoms with Crippen molar-refractivity contribution in [1.82, 2.24) is 25.3 Å². The third-order valence-electron chi connectivity index (χ3n) is 7.77. The number of hydrogen-bond donors (Lipinski definition) is 2. The monoisotopic (exact) mass is 623 g/mol. The maximum absolute atomic E-state index is 13.5. The van der Waals surface area contributed by atoms with Crippen LogP contribution < -0.4 is 20.3 Å². The second kappa shape index (κ2) is 12.6. The number of aromatic nitrogens is 4. The number of benzene rings is 1. The number of hydrogen-bond acceptors (Lipinski definition) is 8. The van der Waals surface area contributed by atoms with Crippen LogP contribution in [0.15, 0.2) is 67.4 Å². The normalized spacial score (nSPS) is 20.4. The molecule has 3 unspecified atom stereocenters. The lowest BCUT2D eigenvalue weighted by molar-refractivity contribution is -0.184. The summed E-state index contributed by atoms with van der Waals surface area (Å²) in [5.74, 6) is -1.20. The molecule has 10 nitrogen and oxygen atoms in total. The van der Waals surface area contributed by atoms with Gasteiger partial charge in [-0.05, 0) is 67.1 Å². The van der Waals surface area contributed by atoms with Crippen molar-refractivity contribution in [3.05, 3.63) is 72.9 Å². The summed E-state index contributed by atoms with van der Waals surface area (Å²) in [6, 6.07) is 9.46. The van der Waals surface area contributed by atoms with Gasteiger partial charge < -0.3 is 15.4 Å². The average Bonchev–Trinajstić information content (AvgIpc) is 3.67. The Bertz CT molecular complexity index is 1600. The molecule has 1 aromatic carbocycles. The third kappa shape index (κ3) is 6.80. The molecular formula is C30H28F3N7O3S. The van der Waals surface area contributed by atoms with Gasteiger partial charge in [0.05, 0.1) is 28.9 Å². The van der Waals surface area contributed by atoms with E-state index in [0.717, 1.165) is 22.4 Å². The van der Waals surface area contributed by atoms with Crippen LogP contribution in [0.4, 0.5) is 28.8 Å². The smallest absolute Gasteiger partial charge is 0.391 e. The van der Waals surface area contributed by atoms with Gasteiger partial charge in [-0.25, -0.2) is 19.7 Å². The first-order chi connectivity index (χ1) is 21.2. The van der Waals surface area contributed by atoms with Crippen LogP contribution in [0.2, 0.25) is 0 Å². The highest BCUT2D eigenvalue weighted by atomic mass is 32.1. The molecule has 6 rings (SSSR count). The number of carbonyl (C=O) groups excluding carboxylic acids is 2. The second-order valence-corrected chi connectivity index (χ2v) is 11.7. The van der Waals surface area contributed by atoms with Crippen LogP contribution in [0.1, 0.15) is 43.6 Å². The van der Waals surface area contributed by atoms with Crippen LogP contribution in [0, 0.1) is 5.92 Å². The number of urea groups is 1. The van der Waals surface area contributed by atoms with Crippen LogP contribution in [-0.4, -0.2) is 50.6 Å². The van der Waals surface area contributed by atoms with Gasteiger partial charge in [0.25, 0.3) is 0 Å². The number of nitrogens with zero attached hydrogens (tertiary/aromatic N) is 5. The van der Waals surface area contributed by atoms with Gasteiger partial charge in [-0.1, -0.05) is 17.4 Å². The summed E-state index contributed by atoms with van der Waals surface area (Å²) in [5.41, 5.74) is 1.96. The molecular weight excluding hydrogens is 595 g/mol. The Labute approximate surface area is 254 Å². The number of carbonyl (C=O) groups is 2. The highest BCUT2D eigenvalue weighted by Crippen LogP contribution is 2.43. The van der Waals surface area contributed by atoms with Crippen molar-refractivity contribution < 1.29 is 27.5 Å². The topological polar surface area (TPSA) is 122 Å². The Balaban J connectivity index is 1.05. The van der Waals surface area contributed by atoms with Crippen molar-refractivity contribution in [2.45, 2.75) is 50.2 Å². The van der Waals surface area contributed by atoms with Crippen molar-refractivity contribution in [1.29, 1.82) is 0 Å². The summed E-state index contributed by atoms with van der Waals surface area (Å²) in [7, 11) is 0. The molecule has 1 saturated carbocycles. The third-order valence-corrected chi connectivity index (χ3v) is 8.84. The second-order valence-electron chi connectivity index (χ2n) is 10.7. The van der Waals surface area contributed by atoms with Gasteiger partial charge in [0.2, 0.25) is 5.91 Å².